The quantitative estimate of drug-likeness (QED) is 0.904. The second-order valence-electron chi connectivity index (χ2n) is 3.46. The average molecular weight is 267 g/mol. The van der Waals surface area contributed by atoms with Crippen LogP contribution in [0.25, 0.3) is 0 Å². The number of thiazole rings is 1. The molecule has 4 nitrogen and oxygen atoms in total. The number of ether oxygens (including phenoxy) is 1. The summed E-state index contributed by atoms with van der Waals surface area (Å²) in [5, 5.41) is 10.8. The van der Waals surface area contributed by atoms with Gasteiger partial charge in [0, 0.05) is 11.8 Å². The molecule has 0 spiro atoms. The van der Waals surface area contributed by atoms with E-state index in [-0.39, 0.29) is 18.1 Å². The molecule has 0 unspecified atom stereocenters. The third-order valence-electron chi connectivity index (χ3n) is 2.18. The smallest absolute Gasteiger partial charge is 0.355 e. The molecule has 0 aliphatic rings. The van der Waals surface area contributed by atoms with E-state index in [1.165, 1.54) is 22.8 Å². The first-order chi connectivity index (χ1) is 8.66. The summed E-state index contributed by atoms with van der Waals surface area (Å²) in [6, 6.07) is 6.13. The van der Waals surface area contributed by atoms with Crippen LogP contribution in [0.15, 0.2) is 29.6 Å². The lowest BCUT2D eigenvalue weighted by molar-refractivity contribution is 0.0691. The molecular weight excluding hydrogens is 257 g/mol. The van der Waals surface area contributed by atoms with Gasteiger partial charge < -0.3 is 9.84 Å². The summed E-state index contributed by atoms with van der Waals surface area (Å²) in [4.78, 5) is 14.5. The van der Waals surface area contributed by atoms with Crippen molar-refractivity contribution in [3.8, 4) is 5.75 Å². The zero-order chi connectivity index (χ0) is 13.0. The highest BCUT2D eigenvalue weighted by Gasteiger charge is 2.08. The van der Waals surface area contributed by atoms with Gasteiger partial charge in [-0.2, -0.15) is 0 Å². The summed E-state index contributed by atoms with van der Waals surface area (Å²) < 4.78 is 18.5. The Balaban J connectivity index is 1.88. The zero-order valence-corrected chi connectivity index (χ0v) is 10.1. The van der Waals surface area contributed by atoms with Gasteiger partial charge in [0.25, 0.3) is 0 Å². The van der Waals surface area contributed by atoms with Gasteiger partial charge in [-0.15, -0.1) is 11.3 Å². The molecule has 18 heavy (non-hydrogen) atoms. The van der Waals surface area contributed by atoms with Gasteiger partial charge in [-0.25, -0.2) is 14.2 Å². The van der Waals surface area contributed by atoms with Gasteiger partial charge in [0.05, 0.1) is 11.6 Å². The minimum atomic E-state index is -1.05. The van der Waals surface area contributed by atoms with E-state index in [0.29, 0.717) is 11.4 Å². The van der Waals surface area contributed by atoms with Crippen LogP contribution >= 0.6 is 11.3 Å². The van der Waals surface area contributed by atoms with Crippen LogP contribution in [0.3, 0.4) is 0 Å². The van der Waals surface area contributed by atoms with Gasteiger partial charge in [0.15, 0.2) is 17.3 Å². The molecule has 0 aliphatic heterocycles. The molecule has 1 N–H and O–H groups in total. The van der Waals surface area contributed by atoms with E-state index in [0.717, 1.165) is 0 Å². The number of carbonyl (C=O) groups is 1. The maximum absolute atomic E-state index is 13.2. The predicted molar refractivity (Wildman–Crippen MR) is 64.7 cm³/mol. The van der Waals surface area contributed by atoms with Crippen molar-refractivity contribution < 1.29 is 19.0 Å². The van der Waals surface area contributed by atoms with Crippen LogP contribution in [-0.4, -0.2) is 22.7 Å². The Labute approximate surface area is 107 Å². The number of halogens is 1. The maximum Gasteiger partial charge on any atom is 0.355 e. The molecule has 6 heteroatoms. The zero-order valence-electron chi connectivity index (χ0n) is 9.30. The molecule has 94 valence electrons. The highest BCUT2D eigenvalue weighted by molar-refractivity contribution is 7.09. The van der Waals surface area contributed by atoms with Gasteiger partial charge in [0.2, 0.25) is 0 Å². The molecule has 0 atom stereocenters. The third kappa shape index (κ3) is 3.04. The van der Waals surface area contributed by atoms with Crippen molar-refractivity contribution in [2.45, 2.75) is 6.42 Å². The normalized spacial score (nSPS) is 10.3. The molecule has 1 aromatic carbocycles. The fraction of sp³-hybridized carbons (Fsp3) is 0.167. The molecule has 0 aliphatic carbocycles. The van der Waals surface area contributed by atoms with Gasteiger partial charge in [-0.05, 0) is 12.1 Å². The lowest BCUT2D eigenvalue weighted by atomic mass is 10.3. The molecule has 0 amide bonds. The molecule has 2 aromatic rings. The van der Waals surface area contributed by atoms with E-state index in [4.69, 9.17) is 9.84 Å². The largest absolute Gasteiger partial charge is 0.490 e. The lowest BCUT2D eigenvalue weighted by Crippen LogP contribution is -2.03. The number of hydrogen-bond donors (Lipinski definition) is 1. The molecule has 1 aromatic heterocycles. The molecule has 1 heterocycles. The Morgan fingerprint density at radius 3 is 2.89 bits per heavy atom. The van der Waals surface area contributed by atoms with Crippen molar-refractivity contribution in [3.05, 3.63) is 46.2 Å². The number of carboxylic acids is 1. The van der Waals surface area contributed by atoms with Crippen LogP contribution in [0, 0.1) is 5.82 Å². The molecule has 0 bridgehead atoms. The van der Waals surface area contributed by atoms with Crippen LogP contribution in [0.2, 0.25) is 0 Å². The Morgan fingerprint density at radius 1 is 1.44 bits per heavy atom. The van der Waals surface area contributed by atoms with Gasteiger partial charge in [-0.3, -0.25) is 0 Å². The molecule has 2 rings (SSSR count). The number of nitrogens with zero attached hydrogens (tertiary/aromatic N) is 1. The number of aromatic nitrogens is 1. The van der Waals surface area contributed by atoms with Gasteiger partial charge in [-0.1, -0.05) is 12.1 Å². The Bertz CT molecular complexity index is 556. The summed E-state index contributed by atoms with van der Waals surface area (Å²) in [5.74, 6) is -1.28. The summed E-state index contributed by atoms with van der Waals surface area (Å²) in [7, 11) is 0. The van der Waals surface area contributed by atoms with Crippen molar-refractivity contribution in [1.82, 2.24) is 4.98 Å². The van der Waals surface area contributed by atoms with Crippen LogP contribution in [-0.2, 0) is 6.42 Å². The Kier molecular flexibility index (Phi) is 3.88. The number of hydrogen-bond acceptors (Lipinski definition) is 4. The fourth-order valence-electron chi connectivity index (χ4n) is 1.33. The summed E-state index contributed by atoms with van der Waals surface area (Å²) in [5.41, 5.74) is 0.0286. The highest BCUT2D eigenvalue weighted by atomic mass is 32.1. The second-order valence-corrected chi connectivity index (χ2v) is 4.40. The van der Waals surface area contributed by atoms with E-state index in [1.807, 2.05) is 0 Å². The van der Waals surface area contributed by atoms with E-state index in [9.17, 15) is 9.18 Å². The summed E-state index contributed by atoms with van der Waals surface area (Å²) in [6.07, 6.45) is 0.451. The predicted octanol–water partition coefficient (Wildman–Crippen LogP) is 2.60. The maximum atomic E-state index is 13.2. The van der Waals surface area contributed by atoms with Crippen molar-refractivity contribution in [2.24, 2.45) is 0 Å². The SMILES string of the molecule is O=C(O)c1csc(CCOc2ccccc2F)n1. The Morgan fingerprint density at radius 2 is 2.22 bits per heavy atom. The summed E-state index contributed by atoms with van der Waals surface area (Å²) >= 11 is 1.25. The molecule has 0 fully saturated rings. The third-order valence-corrected chi connectivity index (χ3v) is 3.09. The monoisotopic (exact) mass is 267 g/mol. The number of para-hydroxylation sites is 1. The number of carboxylic acid groups (broad SMARTS) is 1. The first-order valence-electron chi connectivity index (χ1n) is 5.22. The minimum absolute atomic E-state index is 0.0286. The molecule has 0 saturated heterocycles. The van der Waals surface area contributed by atoms with E-state index in [2.05, 4.69) is 4.98 Å². The topological polar surface area (TPSA) is 59.4 Å². The lowest BCUT2D eigenvalue weighted by Gasteiger charge is -2.05. The van der Waals surface area contributed by atoms with Crippen molar-refractivity contribution in [3.63, 3.8) is 0 Å². The van der Waals surface area contributed by atoms with Crippen LogP contribution in [0.5, 0.6) is 5.75 Å². The van der Waals surface area contributed by atoms with Gasteiger partial charge >= 0.3 is 5.97 Å². The van der Waals surface area contributed by atoms with E-state index >= 15 is 0 Å². The minimum Gasteiger partial charge on any atom is -0.490 e. The molecular formula is C12H10FNO3S. The number of rotatable bonds is 5. The molecule has 0 saturated carbocycles. The van der Waals surface area contributed by atoms with Crippen LogP contribution < -0.4 is 4.74 Å². The van der Waals surface area contributed by atoms with Crippen molar-refractivity contribution >= 4 is 17.3 Å². The van der Waals surface area contributed by atoms with Crippen molar-refractivity contribution in [2.75, 3.05) is 6.61 Å². The second kappa shape index (κ2) is 5.59. The standard InChI is InChI=1S/C12H10FNO3S/c13-8-3-1-2-4-10(8)17-6-5-11-14-9(7-18-11)12(15)16/h1-4,7H,5-6H2,(H,15,16). The first-order valence-corrected chi connectivity index (χ1v) is 6.10. The summed E-state index contributed by atoms with van der Waals surface area (Å²) in [6.45, 7) is 0.257. The van der Waals surface area contributed by atoms with Crippen LogP contribution in [0.4, 0.5) is 4.39 Å². The number of benzene rings is 1. The number of aromatic carboxylic acids is 1. The molecule has 0 radical (unpaired) electrons. The van der Waals surface area contributed by atoms with E-state index < -0.39 is 11.8 Å². The first kappa shape index (κ1) is 12.5. The van der Waals surface area contributed by atoms with Gasteiger partial charge in [0.1, 0.15) is 0 Å². The van der Waals surface area contributed by atoms with E-state index in [1.54, 1.807) is 18.2 Å². The van der Waals surface area contributed by atoms with Crippen molar-refractivity contribution in [1.29, 1.82) is 0 Å². The fourth-order valence-corrected chi connectivity index (χ4v) is 2.09. The Hall–Kier alpha value is -1.95. The average Bonchev–Trinajstić information content (AvgIpc) is 2.80. The van der Waals surface area contributed by atoms with Crippen LogP contribution in [0.1, 0.15) is 15.5 Å². The highest BCUT2D eigenvalue weighted by Crippen LogP contribution is 2.16.